The van der Waals surface area contributed by atoms with Crippen molar-refractivity contribution in [1.82, 2.24) is 30.1 Å². The SMILES string of the molecule is Cc1ccccc1CC(=O)N1CCN(C(=O)c2cn(C3CCNCC3)nn2)CC1. The zero-order chi connectivity index (χ0) is 20.2. The van der Waals surface area contributed by atoms with Gasteiger partial charge in [0.15, 0.2) is 5.69 Å². The van der Waals surface area contributed by atoms with Crippen molar-refractivity contribution in [3.63, 3.8) is 0 Å². The van der Waals surface area contributed by atoms with Crippen molar-refractivity contribution in [2.45, 2.75) is 32.2 Å². The molecule has 2 aliphatic rings. The van der Waals surface area contributed by atoms with Gasteiger partial charge in [-0.3, -0.25) is 9.59 Å². The Hall–Kier alpha value is -2.74. The first kappa shape index (κ1) is 19.6. The number of piperazine rings is 1. The van der Waals surface area contributed by atoms with E-state index in [1.165, 1.54) is 0 Å². The second-order valence-electron chi connectivity index (χ2n) is 7.84. The average molecular weight is 396 g/mol. The first-order valence-corrected chi connectivity index (χ1v) is 10.4. The first-order chi connectivity index (χ1) is 14.1. The lowest BCUT2D eigenvalue weighted by Gasteiger charge is -2.34. The van der Waals surface area contributed by atoms with Gasteiger partial charge in [-0.25, -0.2) is 4.68 Å². The summed E-state index contributed by atoms with van der Waals surface area (Å²) in [5.74, 6) is 0.0134. The Labute approximate surface area is 170 Å². The molecule has 29 heavy (non-hydrogen) atoms. The Morgan fingerprint density at radius 2 is 1.76 bits per heavy atom. The third kappa shape index (κ3) is 4.48. The highest BCUT2D eigenvalue weighted by molar-refractivity contribution is 5.92. The topological polar surface area (TPSA) is 83.4 Å². The number of benzene rings is 1. The van der Waals surface area contributed by atoms with Crippen molar-refractivity contribution < 1.29 is 9.59 Å². The highest BCUT2D eigenvalue weighted by atomic mass is 16.2. The summed E-state index contributed by atoms with van der Waals surface area (Å²) in [6, 6.07) is 8.27. The highest BCUT2D eigenvalue weighted by Gasteiger charge is 2.27. The maximum absolute atomic E-state index is 12.8. The molecule has 8 heteroatoms. The molecule has 0 aliphatic carbocycles. The van der Waals surface area contributed by atoms with Gasteiger partial charge in [0.25, 0.3) is 5.91 Å². The minimum Gasteiger partial charge on any atom is -0.339 e. The van der Waals surface area contributed by atoms with E-state index >= 15 is 0 Å². The molecule has 0 bridgehead atoms. The lowest BCUT2D eigenvalue weighted by atomic mass is 10.1. The van der Waals surface area contributed by atoms with E-state index in [-0.39, 0.29) is 11.8 Å². The number of nitrogens with one attached hydrogen (secondary N) is 1. The van der Waals surface area contributed by atoms with Crippen LogP contribution in [-0.2, 0) is 11.2 Å². The van der Waals surface area contributed by atoms with Crippen LogP contribution in [0.4, 0.5) is 0 Å². The molecule has 2 aromatic rings. The van der Waals surface area contributed by atoms with Crippen LogP contribution in [0.25, 0.3) is 0 Å². The molecular formula is C21H28N6O2. The van der Waals surface area contributed by atoms with E-state index in [9.17, 15) is 9.59 Å². The Morgan fingerprint density at radius 1 is 1.07 bits per heavy atom. The molecule has 1 N–H and O–H groups in total. The van der Waals surface area contributed by atoms with Crippen LogP contribution in [0.15, 0.2) is 30.5 Å². The Balaban J connectivity index is 1.31. The molecule has 0 spiro atoms. The lowest BCUT2D eigenvalue weighted by Crippen LogP contribution is -2.51. The number of aromatic nitrogens is 3. The van der Waals surface area contributed by atoms with Crippen LogP contribution in [0.5, 0.6) is 0 Å². The van der Waals surface area contributed by atoms with E-state index in [1.54, 1.807) is 11.1 Å². The van der Waals surface area contributed by atoms with E-state index < -0.39 is 0 Å². The summed E-state index contributed by atoms with van der Waals surface area (Å²) in [6.07, 6.45) is 4.18. The molecule has 2 amide bonds. The van der Waals surface area contributed by atoms with E-state index in [1.807, 2.05) is 40.8 Å². The summed E-state index contributed by atoms with van der Waals surface area (Å²) in [5.41, 5.74) is 2.58. The van der Waals surface area contributed by atoms with Gasteiger partial charge in [-0.2, -0.15) is 0 Å². The van der Waals surface area contributed by atoms with Crippen LogP contribution in [0, 0.1) is 6.92 Å². The summed E-state index contributed by atoms with van der Waals surface area (Å²) in [5, 5.41) is 11.6. The van der Waals surface area contributed by atoms with Gasteiger partial charge >= 0.3 is 0 Å². The second kappa shape index (κ2) is 8.73. The predicted octanol–water partition coefficient (Wildman–Crippen LogP) is 1.04. The monoisotopic (exact) mass is 396 g/mol. The largest absolute Gasteiger partial charge is 0.339 e. The number of aryl methyl sites for hydroxylation is 1. The van der Waals surface area contributed by atoms with Gasteiger partial charge in [-0.15, -0.1) is 5.10 Å². The van der Waals surface area contributed by atoms with Gasteiger partial charge in [0.1, 0.15) is 0 Å². The third-order valence-electron chi connectivity index (χ3n) is 5.93. The quantitative estimate of drug-likeness (QED) is 0.835. The molecule has 1 aromatic carbocycles. The molecule has 0 radical (unpaired) electrons. The highest BCUT2D eigenvalue weighted by Crippen LogP contribution is 2.18. The molecule has 2 fully saturated rings. The van der Waals surface area contributed by atoms with Gasteiger partial charge in [0.05, 0.1) is 18.7 Å². The average Bonchev–Trinajstić information content (AvgIpc) is 3.26. The fourth-order valence-corrected chi connectivity index (χ4v) is 4.03. The van der Waals surface area contributed by atoms with E-state index in [0.29, 0.717) is 44.3 Å². The summed E-state index contributed by atoms with van der Waals surface area (Å²) in [7, 11) is 0. The standard InChI is InChI=1S/C21H28N6O2/c1-16-4-2-3-5-17(16)14-20(28)25-10-12-26(13-11-25)21(29)19-15-27(24-23-19)18-6-8-22-9-7-18/h2-5,15,18,22H,6-14H2,1H3. The number of carbonyl (C=O) groups is 2. The molecule has 8 nitrogen and oxygen atoms in total. The zero-order valence-electron chi connectivity index (χ0n) is 16.9. The first-order valence-electron chi connectivity index (χ1n) is 10.4. The van der Waals surface area contributed by atoms with E-state index in [2.05, 4.69) is 15.6 Å². The van der Waals surface area contributed by atoms with Crippen LogP contribution < -0.4 is 5.32 Å². The minimum atomic E-state index is -0.101. The fourth-order valence-electron chi connectivity index (χ4n) is 4.03. The molecule has 1 aromatic heterocycles. The van der Waals surface area contributed by atoms with Gasteiger partial charge in [-0.05, 0) is 44.0 Å². The molecule has 0 saturated carbocycles. The number of carbonyl (C=O) groups excluding carboxylic acids is 2. The number of hydrogen-bond acceptors (Lipinski definition) is 5. The second-order valence-corrected chi connectivity index (χ2v) is 7.84. The van der Waals surface area contributed by atoms with Crippen molar-refractivity contribution >= 4 is 11.8 Å². The number of piperidine rings is 1. The summed E-state index contributed by atoms with van der Waals surface area (Å²) < 4.78 is 1.83. The molecule has 4 rings (SSSR count). The van der Waals surface area contributed by atoms with E-state index in [4.69, 9.17) is 0 Å². The molecule has 2 saturated heterocycles. The van der Waals surface area contributed by atoms with Crippen molar-refractivity contribution in [2.75, 3.05) is 39.3 Å². The number of amides is 2. The number of hydrogen-bond donors (Lipinski definition) is 1. The van der Waals surface area contributed by atoms with E-state index in [0.717, 1.165) is 37.1 Å². The van der Waals surface area contributed by atoms with Crippen molar-refractivity contribution in [3.8, 4) is 0 Å². The minimum absolute atomic E-state index is 0.101. The van der Waals surface area contributed by atoms with Gasteiger partial charge in [0.2, 0.25) is 5.91 Å². The summed E-state index contributed by atoms with van der Waals surface area (Å²) >= 11 is 0. The van der Waals surface area contributed by atoms with Crippen LogP contribution in [0.2, 0.25) is 0 Å². The number of rotatable bonds is 4. The van der Waals surface area contributed by atoms with Crippen molar-refractivity contribution in [3.05, 3.63) is 47.3 Å². The molecule has 154 valence electrons. The van der Waals surface area contributed by atoms with Gasteiger partial charge in [0, 0.05) is 26.2 Å². The Morgan fingerprint density at radius 3 is 2.48 bits per heavy atom. The zero-order valence-corrected chi connectivity index (χ0v) is 16.9. The van der Waals surface area contributed by atoms with Crippen molar-refractivity contribution in [1.29, 1.82) is 0 Å². The molecule has 0 unspecified atom stereocenters. The summed E-state index contributed by atoms with van der Waals surface area (Å²) in [6.45, 7) is 6.11. The molecular weight excluding hydrogens is 368 g/mol. The lowest BCUT2D eigenvalue weighted by molar-refractivity contribution is -0.131. The fraction of sp³-hybridized carbons (Fsp3) is 0.524. The molecule has 0 atom stereocenters. The van der Waals surface area contributed by atoms with Crippen LogP contribution in [-0.4, -0.2) is 75.9 Å². The van der Waals surface area contributed by atoms with Crippen LogP contribution in [0.3, 0.4) is 0 Å². The normalized spacial score (nSPS) is 18.1. The maximum atomic E-state index is 12.8. The van der Waals surface area contributed by atoms with Crippen molar-refractivity contribution in [2.24, 2.45) is 0 Å². The van der Waals surface area contributed by atoms with Crippen LogP contribution in [0.1, 0.15) is 40.5 Å². The molecule has 2 aliphatic heterocycles. The Kier molecular flexibility index (Phi) is 5.89. The number of nitrogens with zero attached hydrogens (tertiary/aromatic N) is 5. The van der Waals surface area contributed by atoms with Gasteiger partial charge in [-0.1, -0.05) is 29.5 Å². The van der Waals surface area contributed by atoms with Gasteiger partial charge < -0.3 is 15.1 Å². The predicted molar refractivity (Wildman–Crippen MR) is 109 cm³/mol. The summed E-state index contributed by atoms with van der Waals surface area (Å²) in [4.78, 5) is 29.1. The smallest absolute Gasteiger partial charge is 0.276 e. The maximum Gasteiger partial charge on any atom is 0.276 e. The Bertz CT molecular complexity index is 866. The third-order valence-corrected chi connectivity index (χ3v) is 5.93. The molecule has 3 heterocycles. The van der Waals surface area contributed by atoms with Crippen LogP contribution >= 0.6 is 0 Å².